The number of esters is 1. The number of H-pyrrole nitrogens is 3. The van der Waals surface area contributed by atoms with Gasteiger partial charge in [-0.15, -0.1) is 11.8 Å². The minimum Gasteiger partial charge on any atom is -0.463 e. The van der Waals surface area contributed by atoms with Crippen LogP contribution in [0.4, 0.5) is 0 Å². The number of aromatic nitrogens is 5. The lowest BCUT2D eigenvalue weighted by Gasteiger charge is -2.33. The normalized spacial score (nSPS) is 18.4. The van der Waals surface area contributed by atoms with E-state index < -0.39 is 0 Å². The van der Waals surface area contributed by atoms with Crippen molar-refractivity contribution >= 4 is 76.3 Å². The second kappa shape index (κ2) is 23.3. The molecule has 1 saturated heterocycles. The molecular formula is C54H73N5O4S. The molecule has 344 valence electrons. The first kappa shape index (κ1) is 50.1. The molecule has 4 atom stereocenters. The van der Waals surface area contributed by atoms with Crippen LogP contribution in [0.1, 0.15) is 142 Å². The predicted octanol–water partition coefficient (Wildman–Crippen LogP) is 11.8. The topological polar surface area (TPSA) is 118 Å². The first-order valence-electron chi connectivity index (χ1n) is 23.1. The third-order valence-corrected chi connectivity index (χ3v) is 13.6. The molecule has 3 aliphatic rings. The minimum absolute atomic E-state index is 0.0523. The van der Waals surface area contributed by atoms with Gasteiger partial charge in [0.1, 0.15) is 12.0 Å². The number of nitrogens with one attached hydrogen (secondary N) is 3. The van der Waals surface area contributed by atoms with E-state index in [1.54, 1.807) is 0 Å². The highest BCUT2D eigenvalue weighted by atomic mass is 32.2. The molecule has 3 aliphatic heterocycles. The van der Waals surface area contributed by atoms with Crippen molar-refractivity contribution in [2.75, 3.05) is 25.6 Å². The van der Waals surface area contributed by atoms with Gasteiger partial charge in [0.25, 0.3) is 0 Å². The lowest BCUT2D eigenvalue weighted by atomic mass is 9.98. The van der Waals surface area contributed by atoms with E-state index in [9.17, 15) is 4.79 Å². The molecule has 0 aromatic carbocycles. The summed E-state index contributed by atoms with van der Waals surface area (Å²) >= 11 is 1.85. The Morgan fingerprint density at radius 3 is 2.25 bits per heavy atom. The zero-order valence-corrected chi connectivity index (χ0v) is 41.3. The molecular weight excluding hydrogens is 815 g/mol. The number of carbonyl (C=O) groups is 1. The van der Waals surface area contributed by atoms with E-state index in [0.717, 1.165) is 124 Å². The number of rotatable bonds is 12. The van der Waals surface area contributed by atoms with Gasteiger partial charge in [-0.2, -0.15) is 0 Å². The van der Waals surface area contributed by atoms with Gasteiger partial charge in [0.15, 0.2) is 0 Å². The van der Waals surface area contributed by atoms with Gasteiger partial charge in [0.05, 0.1) is 17.5 Å². The van der Waals surface area contributed by atoms with E-state index in [4.69, 9.17) is 24.2 Å². The molecule has 4 aromatic heterocycles. The minimum atomic E-state index is -0.232. The third kappa shape index (κ3) is 12.5. The average Bonchev–Trinajstić information content (AvgIpc) is 4.04. The van der Waals surface area contributed by atoms with Gasteiger partial charge < -0.3 is 29.2 Å². The summed E-state index contributed by atoms with van der Waals surface area (Å²) in [6, 6.07) is 6.63. The number of aromatic amines is 3. The summed E-state index contributed by atoms with van der Waals surface area (Å²) in [5, 5.41) is 2.09. The fourth-order valence-electron chi connectivity index (χ4n) is 8.64. The van der Waals surface area contributed by atoms with Crippen LogP contribution in [-0.4, -0.2) is 68.0 Å². The van der Waals surface area contributed by atoms with Gasteiger partial charge in [-0.1, -0.05) is 65.7 Å². The quantitative estimate of drug-likeness (QED) is 0.0958. The maximum Gasteiger partial charge on any atom is 0.302 e. The van der Waals surface area contributed by atoms with E-state index in [1.165, 1.54) is 40.3 Å². The van der Waals surface area contributed by atoms with Gasteiger partial charge in [-0.3, -0.25) is 9.78 Å². The van der Waals surface area contributed by atoms with Crippen LogP contribution in [0, 0.1) is 33.6 Å². The van der Waals surface area contributed by atoms with E-state index in [0.29, 0.717) is 18.4 Å². The number of ether oxygens (including phenoxy) is 3. The highest BCUT2D eigenvalue weighted by Crippen LogP contribution is 2.33. The van der Waals surface area contributed by atoms with Crippen LogP contribution in [0.25, 0.3) is 58.5 Å². The predicted molar refractivity (Wildman–Crippen MR) is 273 cm³/mol. The molecule has 9 nitrogen and oxygen atoms in total. The maximum atomic E-state index is 10.8. The Labute approximate surface area is 386 Å². The Hall–Kier alpha value is -4.90. The lowest BCUT2D eigenvalue weighted by molar-refractivity contribution is -0.148. The van der Waals surface area contributed by atoms with Crippen LogP contribution in [0.3, 0.4) is 0 Å². The molecule has 0 radical (unpaired) electrons. The molecule has 0 amide bonds. The van der Waals surface area contributed by atoms with Gasteiger partial charge in [-0.05, 0) is 149 Å². The second-order valence-electron chi connectivity index (χ2n) is 17.4. The number of hydrogen-bond donors (Lipinski definition) is 3. The molecule has 3 N–H and O–H groups in total. The summed E-state index contributed by atoms with van der Waals surface area (Å²) in [5.41, 5.74) is 18.6. The Balaban J connectivity index is 0.000000210. The Kier molecular flexibility index (Phi) is 18.3. The standard InChI is InChI=1S/C29H32N4.C15H28O4S.C10H13N/c1-8-20-18(6)27-14-29-21(9-2)17(5)26(32-29)12-22-15(3)10-24(30-22)19(7)25-11-16(4)23(31-25)13-28(20)33-27;1-4-6-17-7-5-8-20-15-10-12(2)9-14(19-15)11-18-13(3)16;1-5-9-7(3)10(6-2)11-8(9)4/h9,11-15,32-33H,2,8,10H2,1,3-7H3;12,14-15H,4-11H2,1-3H3;5-6,11H,1,4H2,2-3H3/b;;10-6-. The SMILES string of the molecule is C=Cc1c(C)/c(=C/C)[nH]c1=C.C=Cc1c(C)c2cc3nc(c(C)c4nc(cc5[nH]c(cc1[nH]2)c(C)c5CC)C(C)=C4)CC3C.CCCOCCCSC1CC(C)CC(COC(C)=O)O1. The molecule has 64 heavy (non-hydrogen) atoms. The van der Waals surface area contributed by atoms with Crippen LogP contribution in [0.15, 0.2) is 31.4 Å². The summed E-state index contributed by atoms with van der Waals surface area (Å²) in [6.07, 6.45) is 14.2. The van der Waals surface area contributed by atoms with Crippen molar-refractivity contribution in [3.63, 3.8) is 0 Å². The van der Waals surface area contributed by atoms with Crippen LogP contribution in [-0.2, 0) is 31.8 Å². The van der Waals surface area contributed by atoms with Gasteiger partial charge in [0, 0.05) is 81.3 Å². The first-order valence-corrected chi connectivity index (χ1v) is 24.2. The number of carbonyl (C=O) groups excluding carboxylic acids is 1. The average molecular weight is 888 g/mol. The lowest BCUT2D eigenvalue weighted by Crippen LogP contribution is -2.34. The smallest absolute Gasteiger partial charge is 0.302 e. The highest BCUT2D eigenvalue weighted by Gasteiger charge is 2.28. The number of thioether (sulfide) groups is 1. The van der Waals surface area contributed by atoms with Crippen molar-refractivity contribution in [1.29, 1.82) is 0 Å². The van der Waals surface area contributed by atoms with E-state index in [2.05, 4.69) is 121 Å². The van der Waals surface area contributed by atoms with Crippen molar-refractivity contribution < 1.29 is 19.0 Å². The molecule has 10 heteroatoms. The Bertz CT molecular complexity index is 2610. The van der Waals surface area contributed by atoms with Crippen molar-refractivity contribution in [3.8, 4) is 0 Å². The molecule has 1 fully saturated rings. The largest absolute Gasteiger partial charge is 0.463 e. The van der Waals surface area contributed by atoms with Crippen molar-refractivity contribution in [2.45, 2.75) is 132 Å². The molecule has 7 rings (SSSR count). The van der Waals surface area contributed by atoms with Crippen LogP contribution < -0.4 is 10.7 Å². The third-order valence-electron chi connectivity index (χ3n) is 12.4. The summed E-state index contributed by atoms with van der Waals surface area (Å²) in [5.74, 6) is 1.82. The molecule has 8 bridgehead atoms. The fraction of sp³-hybridized carbons (Fsp3) is 0.463. The van der Waals surface area contributed by atoms with Crippen LogP contribution in [0.2, 0.25) is 0 Å². The van der Waals surface area contributed by atoms with Crippen molar-refractivity contribution in [3.05, 3.63) is 104 Å². The number of allylic oxidation sites excluding steroid dienone is 1. The molecule has 7 heterocycles. The van der Waals surface area contributed by atoms with Crippen LogP contribution in [0.5, 0.6) is 0 Å². The summed E-state index contributed by atoms with van der Waals surface area (Å²) in [7, 11) is 0. The molecule has 4 unspecified atom stereocenters. The maximum absolute atomic E-state index is 10.8. The zero-order valence-electron chi connectivity index (χ0n) is 40.5. The van der Waals surface area contributed by atoms with Crippen molar-refractivity contribution in [1.82, 2.24) is 24.9 Å². The zero-order chi connectivity index (χ0) is 46.7. The van der Waals surface area contributed by atoms with Crippen molar-refractivity contribution in [2.24, 2.45) is 5.92 Å². The second-order valence-corrected chi connectivity index (χ2v) is 18.7. The molecule has 0 spiro atoms. The first-order chi connectivity index (χ1) is 30.6. The number of aryl methyl sites for hydroxylation is 3. The Morgan fingerprint density at radius 1 is 0.891 bits per heavy atom. The highest BCUT2D eigenvalue weighted by molar-refractivity contribution is 7.99. The monoisotopic (exact) mass is 888 g/mol. The number of fused-ring (bicyclic) bond motifs is 8. The molecule has 4 aromatic rings. The molecule has 0 saturated carbocycles. The number of hydrogen-bond acceptors (Lipinski definition) is 7. The Morgan fingerprint density at radius 2 is 1.61 bits per heavy atom. The van der Waals surface area contributed by atoms with E-state index >= 15 is 0 Å². The van der Waals surface area contributed by atoms with E-state index in [1.807, 2.05) is 36.9 Å². The van der Waals surface area contributed by atoms with Gasteiger partial charge in [0.2, 0.25) is 0 Å². The summed E-state index contributed by atoms with van der Waals surface area (Å²) in [4.78, 5) is 31.4. The van der Waals surface area contributed by atoms with Gasteiger partial charge in [-0.25, -0.2) is 4.98 Å². The van der Waals surface area contributed by atoms with Crippen LogP contribution >= 0.6 is 11.8 Å². The fourth-order valence-corrected chi connectivity index (χ4v) is 9.89. The summed E-state index contributed by atoms with van der Waals surface area (Å²) < 4.78 is 16.5. The number of nitrogens with zero attached hydrogens (tertiary/aromatic N) is 2. The molecule has 0 aliphatic carbocycles. The summed E-state index contributed by atoms with van der Waals surface area (Å²) in [6.45, 7) is 36.7. The van der Waals surface area contributed by atoms with E-state index in [-0.39, 0.29) is 17.5 Å². The van der Waals surface area contributed by atoms with Gasteiger partial charge >= 0.3 is 5.97 Å².